The maximum Gasteiger partial charge on any atom is 0.292 e. The highest BCUT2D eigenvalue weighted by Crippen LogP contribution is 2.21. The lowest BCUT2D eigenvalue weighted by atomic mass is 10.1. The monoisotopic (exact) mass is 266 g/mol. The van der Waals surface area contributed by atoms with Gasteiger partial charge in [0.25, 0.3) is 11.7 Å². The summed E-state index contributed by atoms with van der Waals surface area (Å²) in [4.78, 5) is 16.2. The van der Waals surface area contributed by atoms with E-state index in [1.54, 1.807) is 0 Å². The molecule has 2 atom stereocenters. The van der Waals surface area contributed by atoms with Crippen molar-refractivity contribution in [3.63, 3.8) is 0 Å². The molecule has 0 bridgehead atoms. The summed E-state index contributed by atoms with van der Waals surface area (Å²) in [6, 6.07) is 0.288. The van der Waals surface area contributed by atoms with Crippen molar-refractivity contribution in [3.05, 3.63) is 11.7 Å². The molecule has 2 heterocycles. The average molecular weight is 266 g/mol. The molecule has 1 aliphatic rings. The van der Waals surface area contributed by atoms with Crippen molar-refractivity contribution in [2.75, 3.05) is 6.54 Å². The molecule has 0 radical (unpaired) electrons. The second-order valence-corrected chi connectivity index (χ2v) is 4.97. The number of amides is 1. The van der Waals surface area contributed by atoms with Crippen LogP contribution in [0.25, 0.3) is 0 Å². The zero-order valence-electron chi connectivity index (χ0n) is 11.6. The molecular weight excluding hydrogens is 244 g/mol. The minimum atomic E-state index is -0.242. The van der Waals surface area contributed by atoms with E-state index in [9.17, 15) is 4.79 Å². The van der Waals surface area contributed by atoms with Crippen molar-refractivity contribution >= 4 is 5.91 Å². The van der Waals surface area contributed by atoms with Gasteiger partial charge in [-0.15, -0.1) is 0 Å². The van der Waals surface area contributed by atoms with Gasteiger partial charge in [-0.2, -0.15) is 4.98 Å². The second kappa shape index (κ2) is 6.65. The van der Waals surface area contributed by atoms with Gasteiger partial charge in [-0.25, -0.2) is 0 Å². The van der Waals surface area contributed by atoms with Gasteiger partial charge >= 0.3 is 0 Å². The van der Waals surface area contributed by atoms with E-state index in [0.29, 0.717) is 5.89 Å². The van der Waals surface area contributed by atoms with Crippen molar-refractivity contribution in [3.8, 4) is 0 Å². The molecule has 0 aliphatic carbocycles. The Hall–Kier alpha value is -1.43. The maximum atomic E-state index is 12.0. The molecule has 1 aromatic heterocycles. The Labute approximate surface area is 113 Å². The Balaban J connectivity index is 1.95. The molecule has 2 unspecified atom stereocenters. The van der Waals surface area contributed by atoms with Crippen LogP contribution in [-0.4, -0.2) is 28.6 Å². The quantitative estimate of drug-likeness (QED) is 0.820. The molecule has 1 aromatic rings. The van der Waals surface area contributed by atoms with Crippen LogP contribution in [0.5, 0.6) is 0 Å². The minimum Gasteiger partial charge on any atom is -0.346 e. The van der Waals surface area contributed by atoms with Crippen LogP contribution in [0.1, 0.15) is 68.5 Å². The first-order chi connectivity index (χ1) is 9.24. The molecule has 2 N–H and O–H groups in total. The van der Waals surface area contributed by atoms with Gasteiger partial charge in [0.2, 0.25) is 5.89 Å². The van der Waals surface area contributed by atoms with E-state index in [-0.39, 0.29) is 23.8 Å². The van der Waals surface area contributed by atoms with Gasteiger partial charge in [0.15, 0.2) is 0 Å². The van der Waals surface area contributed by atoms with Crippen molar-refractivity contribution in [2.24, 2.45) is 0 Å². The lowest BCUT2D eigenvalue weighted by Gasteiger charge is -2.14. The van der Waals surface area contributed by atoms with Crippen LogP contribution in [-0.2, 0) is 0 Å². The molecule has 6 nitrogen and oxygen atoms in total. The predicted octanol–water partition coefficient (Wildman–Crippen LogP) is 1.80. The topological polar surface area (TPSA) is 80.0 Å². The number of hydrogen-bond donors (Lipinski definition) is 2. The fourth-order valence-electron chi connectivity index (χ4n) is 2.34. The Morgan fingerprint density at radius 1 is 1.58 bits per heavy atom. The van der Waals surface area contributed by atoms with Gasteiger partial charge < -0.3 is 15.2 Å². The number of nitrogens with one attached hydrogen (secondary N) is 2. The Kier molecular flexibility index (Phi) is 4.90. The second-order valence-electron chi connectivity index (χ2n) is 4.97. The Bertz CT molecular complexity index is 413. The summed E-state index contributed by atoms with van der Waals surface area (Å²) in [5.41, 5.74) is 0. The molecule has 1 aliphatic heterocycles. The third-order valence-corrected chi connectivity index (χ3v) is 3.47. The summed E-state index contributed by atoms with van der Waals surface area (Å²) >= 11 is 0. The molecule has 1 amide bonds. The first-order valence-corrected chi connectivity index (χ1v) is 7.12. The lowest BCUT2D eigenvalue weighted by Crippen LogP contribution is -2.34. The number of hydrogen-bond acceptors (Lipinski definition) is 5. The molecule has 19 heavy (non-hydrogen) atoms. The van der Waals surface area contributed by atoms with Gasteiger partial charge in [-0.3, -0.25) is 4.79 Å². The van der Waals surface area contributed by atoms with Crippen LogP contribution in [0, 0.1) is 0 Å². The van der Waals surface area contributed by atoms with E-state index in [4.69, 9.17) is 4.52 Å². The summed E-state index contributed by atoms with van der Waals surface area (Å²) in [5, 5.41) is 9.98. The van der Waals surface area contributed by atoms with Crippen LogP contribution in [0.15, 0.2) is 4.52 Å². The van der Waals surface area contributed by atoms with Gasteiger partial charge in [0.05, 0.1) is 6.04 Å². The van der Waals surface area contributed by atoms with Gasteiger partial charge in [0.1, 0.15) is 0 Å². The number of aromatic nitrogens is 2. The van der Waals surface area contributed by atoms with E-state index in [1.807, 2.05) is 0 Å². The zero-order chi connectivity index (χ0) is 13.7. The fourth-order valence-corrected chi connectivity index (χ4v) is 2.34. The fraction of sp³-hybridized carbons (Fsp3) is 0.769. The maximum absolute atomic E-state index is 12.0. The predicted molar refractivity (Wildman–Crippen MR) is 70.7 cm³/mol. The van der Waals surface area contributed by atoms with Crippen molar-refractivity contribution in [2.45, 2.75) is 58.0 Å². The molecule has 2 rings (SSSR count). The summed E-state index contributed by atoms with van der Waals surface area (Å²) in [5.74, 6) is 0.415. The first-order valence-electron chi connectivity index (χ1n) is 7.12. The number of carbonyl (C=O) groups is 1. The molecule has 0 aromatic carbocycles. The van der Waals surface area contributed by atoms with E-state index in [0.717, 1.165) is 38.6 Å². The summed E-state index contributed by atoms with van der Waals surface area (Å²) in [7, 11) is 0. The lowest BCUT2D eigenvalue weighted by molar-refractivity contribution is 0.0920. The normalized spacial score (nSPS) is 20.4. The highest BCUT2D eigenvalue weighted by Gasteiger charge is 2.24. The zero-order valence-corrected chi connectivity index (χ0v) is 11.6. The highest BCUT2D eigenvalue weighted by atomic mass is 16.5. The molecular formula is C13H22N4O2. The smallest absolute Gasteiger partial charge is 0.292 e. The number of carbonyl (C=O) groups excluding carboxylic acids is 1. The Morgan fingerprint density at radius 3 is 3.05 bits per heavy atom. The van der Waals surface area contributed by atoms with Crippen LogP contribution in [0.4, 0.5) is 0 Å². The third kappa shape index (κ3) is 3.53. The number of rotatable bonds is 6. The standard InChI is InChI=1S/C13H22N4O2/c1-3-6-9(4-2)15-12(18)11-16-13(19-17-11)10-7-5-8-14-10/h9-10,14H,3-8H2,1-2H3,(H,15,18). The minimum absolute atomic E-state index is 0.103. The van der Waals surface area contributed by atoms with Crippen molar-refractivity contribution in [1.82, 2.24) is 20.8 Å². The van der Waals surface area contributed by atoms with Crippen LogP contribution >= 0.6 is 0 Å². The third-order valence-electron chi connectivity index (χ3n) is 3.47. The summed E-state index contributed by atoms with van der Waals surface area (Å²) in [6.45, 7) is 5.13. The van der Waals surface area contributed by atoms with Gasteiger partial charge in [-0.05, 0) is 32.2 Å². The Morgan fingerprint density at radius 2 is 2.42 bits per heavy atom. The largest absolute Gasteiger partial charge is 0.346 e. The van der Waals surface area contributed by atoms with E-state index < -0.39 is 0 Å². The average Bonchev–Trinajstić information content (AvgIpc) is 3.08. The molecule has 0 spiro atoms. The van der Waals surface area contributed by atoms with Crippen LogP contribution in [0.3, 0.4) is 0 Å². The van der Waals surface area contributed by atoms with Crippen LogP contribution < -0.4 is 10.6 Å². The first kappa shape index (κ1) is 14.0. The van der Waals surface area contributed by atoms with Crippen molar-refractivity contribution < 1.29 is 9.32 Å². The van der Waals surface area contributed by atoms with Gasteiger partial charge in [-0.1, -0.05) is 25.4 Å². The molecule has 0 saturated carbocycles. The molecule has 106 valence electrons. The molecule has 1 fully saturated rings. The highest BCUT2D eigenvalue weighted by molar-refractivity contribution is 5.90. The van der Waals surface area contributed by atoms with Crippen molar-refractivity contribution in [1.29, 1.82) is 0 Å². The SMILES string of the molecule is CCCC(CC)NC(=O)c1noc(C2CCCN2)n1. The summed E-state index contributed by atoms with van der Waals surface area (Å²) in [6.07, 6.45) is 5.01. The summed E-state index contributed by atoms with van der Waals surface area (Å²) < 4.78 is 5.16. The van der Waals surface area contributed by atoms with E-state index >= 15 is 0 Å². The van der Waals surface area contributed by atoms with E-state index in [1.165, 1.54) is 0 Å². The van der Waals surface area contributed by atoms with E-state index in [2.05, 4.69) is 34.6 Å². The number of nitrogens with zero attached hydrogens (tertiary/aromatic N) is 2. The van der Waals surface area contributed by atoms with Crippen LogP contribution in [0.2, 0.25) is 0 Å². The molecule has 6 heteroatoms. The van der Waals surface area contributed by atoms with Gasteiger partial charge in [0, 0.05) is 6.04 Å². The molecule has 1 saturated heterocycles.